The second-order valence-electron chi connectivity index (χ2n) is 6.93. The normalized spacial score (nSPS) is 11.8. The van der Waals surface area contributed by atoms with Gasteiger partial charge in [0.2, 0.25) is 5.43 Å². The lowest BCUT2D eigenvalue weighted by Crippen LogP contribution is -2.08. The minimum atomic E-state index is -3.70. The SMILES string of the molecule is CCCCCCOc1cc(S(C)(=O)=O)c2oc3ccc(C(=O)O)cc3c(=O)c2c1. The lowest BCUT2D eigenvalue weighted by Gasteiger charge is -2.11. The van der Waals surface area contributed by atoms with Gasteiger partial charge in [-0.25, -0.2) is 13.2 Å². The van der Waals surface area contributed by atoms with Gasteiger partial charge in [0.05, 0.1) is 22.9 Å². The maximum absolute atomic E-state index is 13.0. The largest absolute Gasteiger partial charge is 0.494 e. The van der Waals surface area contributed by atoms with Crippen molar-refractivity contribution in [2.45, 2.75) is 37.5 Å². The molecular weight excluding hydrogens is 396 g/mol. The molecular formula is C21H22O7S. The highest BCUT2D eigenvalue weighted by Crippen LogP contribution is 2.30. The van der Waals surface area contributed by atoms with Crippen LogP contribution in [0.2, 0.25) is 0 Å². The molecule has 29 heavy (non-hydrogen) atoms. The van der Waals surface area contributed by atoms with Crippen LogP contribution in [0.1, 0.15) is 43.0 Å². The molecule has 3 rings (SSSR count). The van der Waals surface area contributed by atoms with E-state index in [1.807, 2.05) is 0 Å². The molecule has 0 spiro atoms. The summed E-state index contributed by atoms with van der Waals surface area (Å²) >= 11 is 0. The number of rotatable bonds is 8. The average molecular weight is 418 g/mol. The molecule has 0 amide bonds. The van der Waals surface area contributed by atoms with Crippen LogP contribution < -0.4 is 10.2 Å². The fourth-order valence-corrected chi connectivity index (χ4v) is 3.93. The maximum atomic E-state index is 13.0. The van der Waals surface area contributed by atoms with Gasteiger partial charge in [0.1, 0.15) is 16.2 Å². The average Bonchev–Trinajstić information content (AvgIpc) is 2.67. The number of ether oxygens (including phenoxy) is 1. The first-order valence-corrected chi connectivity index (χ1v) is 11.2. The van der Waals surface area contributed by atoms with E-state index in [1.165, 1.54) is 30.3 Å². The zero-order chi connectivity index (χ0) is 21.2. The van der Waals surface area contributed by atoms with Crippen molar-refractivity contribution in [3.8, 4) is 5.75 Å². The van der Waals surface area contributed by atoms with Crippen molar-refractivity contribution in [1.29, 1.82) is 0 Å². The van der Waals surface area contributed by atoms with Crippen molar-refractivity contribution >= 4 is 37.7 Å². The van der Waals surface area contributed by atoms with E-state index in [4.69, 9.17) is 9.15 Å². The highest BCUT2D eigenvalue weighted by molar-refractivity contribution is 7.91. The number of carbonyl (C=O) groups is 1. The Morgan fingerprint density at radius 2 is 1.86 bits per heavy atom. The zero-order valence-corrected chi connectivity index (χ0v) is 17.0. The van der Waals surface area contributed by atoms with Gasteiger partial charge < -0.3 is 14.3 Å². The van der Waals surface area contributed by atoms with Gasteiger partial charge in [0.15, 0.2) is 15.4 Å². The Balaban J connectivity index is 2.18. The minimum Gasteiger partial charge on any atom is -0.494 e. The molecule has 1 N–H and O–H groups in total. The molecule has 2 aromatic carbocycles. The Morgan fingerprint density at radius 1 is 1.10 bits per heavy atom. The van der Waals surface area contributed by atoms with Gasteiger partial charge in [0, 0.05) is 12.3 Å². The van der Waals surface area contributed by atoms with Crippen LogP contribution in [0.4, 0.5) is 0 Å². The number of sulfone groups is 1. The van der Waals surface area contributed by atoms with E-state index < -0.39 is 21.2 Å². The Bertz CT molecular complexity index is 1240. The number of fused-ring (bicyclic) bond motifs is 2. The third-order valence-corrected chi connectivity index (χ3v) is 5.72. The van der Waals surface area contributed by atoms with E-state index in [0.717, 1.165) is 31.9 Å². The summed E-state index contributed by atoms with van der Waals surface area (Å²) in [6.07, 6.45) is 5.00. The van der Waals surface area contributed by atoms with Gasteiger partial charge in [-0.3, -0.25) is 4.79 Å². The number of hydrogen-bond donors (Lipinski definition) is 1. The van der Waals surface area contributed by atoms with Crippen molar-refractivity contribution < 1.29 is 27.5 Å². The van der Waals surface area contributed by atoms with E-state index in [9.17, 15) is 23.1 Å². The van der Waals surface area contributed by atoms with Gasteiger partial charge >= 0.3 is 5.97 Å². The van der Waals surface area contributed by atoms with Gasteiger partial charge in [-0.15, -0.1) is 0 Å². The van der Waals surface area contributed by atoms with Crippen LogP contribution >= 0.6 is 0 Å². The summed E-state index contributed by atoms with van der Waals surface area (Å²) in [6, 6.07) is 6.68. The summed E-state index contributed by atoms with van der Waals surface area (Å²) in [5.41, 5.74) is -0.515. The van der Waals surface area contributed by atoms with Crippen LogP contribution in [0.3, 0.4) is 0 Å². The van der Waals surface area contributed by atoms with E-state index >= 15 is 0 Å². The molecule has 0 unspecified atom stereocenters. The second kappa shape index (κ2) is 8.24. The van der Waals surface area contributed by atoms with Crippen LogP contribution in [0.15, 0.2) is 44.4 Å². The first-order chi connectivity index (χ1) is 13.7. The fourth-order valence-electron chi connectivity index (χ4n) is 3.11. The Kier molecular flexibility index (Phi) is 5.93. The Labute approximate surface area is 167 Å². The molecule has 0 fully saturated rings. The summed E-state index contributed by atoms with van der Waals surface area (Å²) < 4.78 is 36.0. The molecule has 0 radical (unpaired) electrons. The summed E-state index contributed by atoms with van der Waals surface area (Å²) in [5.74, 6) is -0.914. The van der Waals surface area contributed by atoms with Gasteiger partial charge in [-0.05, 0) is 30.7 Å². The number of benzene rings is 2. The van der Waals surface area contributed by atoms with Crippen molar-refractivity contribution in [3.05, 3.63) is 46.1 Å². The van der Waals surface area contributed by atoms with Gasteiger partial charge in [0.25, 0.3) is 0 Å². The number of hydrogen-bond acceptors (Lipinski definition) is 6. The van der Waals surface area contributed by atoms with Gasteiger partial charge in [-0.1, -0.05) is 26.2 Å². The monoisotopic (exact) mass is 418 g/mol. The van der Waals surface area contributed by atoms with Crippen LogP contribution in [0.5, 0.6) is 5.75 Å². The van der Waals surface area contributed by atoms with Crippen molar-refractivity contribution in [1.82, 2.24) is 0 Å². The van der Waals surface area contributed by atoms with Gasteiger partial charge in [-0.2, -0.15) is 0 Å². The van der Waals surface area contributed by atoms with Crippen molar-refractivity contribution in [2.75, 3.05) is 12.9 Å². The van der Waals surface area contributed by atoms with Crippen LogP contribution in [-0.4, -0.2) is 32.4 Å². The van der Waals surface area contributed by atoms with Crippen molar-refractivity contribution in [3.63, 3.8) is 0 Å². The molecule has 154 valence electrons. The molecule has 0 aliphatic carbocycles. The van der Waals surface area contributed by atoms with Crippen LogP contribution in [0, 0.1) is 0 Å². The first-order valence-electron chi connectivity index (χ1n) is 9.33. The molecule has 3 aromatic rings. The van der Waals surface area contributed by atoms with Crippen LogP contribution in [0.25, 0.3) is 21.9 Å². The lowest BCUT2D eigenvalue weighted by molar-refractivity contribution is 0.0697. The summed E-state index contributed by atoms with van der Waals surface area (Å²) in [7, 11) is -3.70. The zero-order valence-electron chi connectivity index (χ0n) is 16.2. The van der Waals surface area contributed by atoms with Crippen molar-refractivity contribution in [2.24, 2.45) is 0 Å². The molecule has 0 aliphatic rings. The third kappa shape index (κ3) is 4.42. The molecule has 8 heteroatoms. The maximum Gasteiger partial charge on any atom is 0.335 e. The van der Waals surface area contributed by atoms with E-state index in [1.54, 1.807) is 0 Å². The smallest absolute Gasteiger partial charge is 0.335 e. The molecule has 0 saturated heterocycles. The second-order valence-corrected chi connectivity index (χ2v) is 8.91. The summed E-state index contributed by atoms with van der Waals surface area (Å²) in [5, 5.41) is 9.27. The van der Waals surface area contributed by atoms with Crippen LogP contribution in [-0.2, 0) is 9.84 Å². The molecule has 1 aromatic heterocycles. The lowest BCUT2D eigenvalue weighted by atomic mass is 10.1. The molecule has 7 nitrogen and oxygen atoms in total. The number of carboxylic acids is 1. The quantitative estimate of drug-likeness (QED) is 0.435. The standard InChI is InChI=1S/C21H22O7S/c1-3-4-5-6-9-27-14-11-16-19(22)15-10-13(21(23)24)7-8-17(15)28-20(16)18(12-14)29(2,25)26/h7-8,10-12H,3-6,9H2,1-2H3,(H,23,24). The first kappa shape index (κ1) is 20.9. The molecule has 0 bridgehead atoms. The molecule has 0 saturated carbocycles. The fraction of sp³-hybridized carbons (Fsp3) is 0.333. The van der Waals surface area contributed by atoms with E-state index in [-0.39, 0.29) is 38.1 Å². The minimum absolute atomic E-state index is 0.0338. The molecule has 0 atom stereocenters. The molecule has 1 heterocycles. The number of unbranched alkanes of at least 4 members (excludes halogenated alkanes) is 3. The van der Waals surface area contributed by atoms with E-state index in [2.05, 4.69) is 6.92 Å². The Morgan fingerprint density at radius 3 is 2.52 bits per heavy atom. The predicted octanol–water partition coefficient (Wildman–Crippen LogP) is 4.01. The summed E-state index contributed by atoms with van der Waals surface area (Å²) in [6.45, 7) is 2.50. The third-order valence-electron chi connectivity index (χ3n) is 4.62. The number of aromatic carboxylic acids is 1. The summed E-state index contributed by atoms with van der Waals surface area (Å²) in [4.78, 5) is 24.1. The highest BCUT2D eigenvalue weighted by atomic mass is 32.2. The Hall–Kier alpha value is -2.87. The molecule has 0 aliphatic heterocycles. The highest BCUT2D eigenvalue weighted by Gasteiger charge is 2.20. The van der Waals surface area contributed by atoms with E-state index in [0.29, 0.717) is 6.61 Å². The number of carboxylic acid groups (broad SMARTS) is 1. The topological polar surface area (TPSA) is 111 Å². The predicted molar refractivity (Wildman–Crippen MR) is 110 cm³/mol.